The number of urea groups is 1. The summed E-state index contributed by atoms with van der Waals surface area (Å²) < 4.78 is 0. The van der Waals surface area contributed by atoms with Gasteiger partial charge in [-0.15, -0.1) is 0 Å². The largest absolute Gasteiger partial charge is 0.337 e. The number of carbonyl (C=O) groups excluding carboxylic acids is 2. The number of halogens is 1. The van der Waals surface area contributed by atoms with Crippen molar-refractivity contribution in [2.24, 2.45) is 0 Å². The Labute approximate surface area is 147 Å². The second kappa shape index (κ2) is 7.26. The van der Waals surface area contributed by atoms with Crippen molar-refractivity contribution in [2.75, 3.05) is 26.2 Å². The van der Waals surface area contributed by atoms with Gasteiger partial charge in [0, 0.05) is 37.7 Å². The van der Waals surface area contributed by atoms with Crippen LogP contribution in [0.1, 0.15) is 18.4 Å². The lowest BCUT2D eigenvalue weighted by atomic mass is 10.0. The van der Waals surface area contributed by atoms with E-state index in [1.165, 1.54) is 6.08 Å². The highest BCUT2D eigenvalue weighted by atomic mass is 35.5. The number of benzene rings is 1. The van der Waals surface area contributed by atoms with Gasteiger partial charge in [-0.05, 0) is 36.6 Å². The highest BCUT2D eigenvalue weighted by Crippen LogP contribution is 2.22. The number of likely N-dealkylation sites (tertiary alicyclic amines) is 1. The van der Waals surface area contributed by atoms with Crippen LogP contribution < -0.4 is 0 Å². The Bertz CT molecular complexity index is 632. The summed E-state index contributed by atoms with van der Waals surface area (Å²) in [6, 6.07) is 7.74. The third-order valence-electron chi connectivity index (χ3n) is 4.74. The first-order valence-corrected chi connectivity index (χ1v) is 8.67. The SMILES string of the molecule is C=CC(=O)N1CCCC(N2CCN(Cc3ccc(Cl)cc3)C2=O)C1. The summed E-state index contributed by atoms with van der Waals surface area (Å²) in [4.78, 5) is 30.1. The number of hydrogen-bond donors (Lipinski definition) is 0. The monoisotopic (exact) mass is 347 g/mol. The third kappa shape index (κ3) is 3.56. The smallest absolute Gasteiger partial charge is 0.320 e. The van der Waals surface area contributed by atoms with E-state index in [1.54, 1.807) is 4.90 Å². The number of amides is 3. The molecular weight excluding hydrogens is 326 g/mol. The number of rotatable bonds is 4. The van der Waals surface area contributed by atoms with Crippen molar-refractivity contribution in [1.29, 1.82) is 0 Å². The highest BCUT2D eigenvalue weighted by Gasteiger charge is 2.36. The van der Waals surface area contributed by atoms with Crippen molar-refractivity contribution in [1.82, 2.24) is 14.7 Å². The molecule has 0 aromatic heterocycles. The minimum atomic E-state index is -0.0515. The van der Waals surface area contributed by atoms with Crippen LogP contribution in [-0.2, 0) is 11.3 Å². The first kappa shape index (κ1) is 16.8. The molecule has 0 spiro atoms. The fraction of sp³-hybridized carbons (Fsp3) is 0.444. The van der Waals surface area contributed by atoms with Crippen molar-refractivity contribution in [3.05, 3.63) is 47.5 Å². The molecule has 0 bridgehead atoms. The van der Waals surface area contributed by atoms with Gasteiger partial charge in [-0.25, -0.2) is 4.79 Å². The van der Waals surface area contributed by atoms with E-state index in [-0.39, 0.29) is 18.0 Å². The quantitative estimate of drug-likeness (QED) is 0.786. The minimum absolute atomic E-state index is 0.0515. The predicted octanol–water partition coefficient (Wildman–Crippen LogP) is 2.75. The zero-order valence-corrected chi connectivity index (χ0v) is 14.4. The maximum atomic E-state index is 12.7. The van der Waals surface area contributed by atoms with Crippen molar-refractivity contribution in [3.63, 3.8) is 0 Å². The second-order valence-electron chi connectivity index (χ2n) is 6.31. The molecule has 0 aliphatic carbocycles. The molecule has 2 aliphatic rings. The molecule has 3 amide bonds. The number of piperidine rings is 1. The molecule has 3 rings (SSSR count). The fourth-order valence-electron chi connectivity index (χ4n) is 3.44. The summed E-state index contributed by atoms with van der Waals surface area (Å²) in [5, 5.41) is 0.697. The van der Waals surface area contributed by atoms with Crippen LogP contribution in [0.5, 0.6) is 0 Å². The lowest BCUT2D eigenvalue weighted by molar-refractivity contribution is -0.127. The van der Waals surface area contributed by atoms with Gasteiger partial charge in [0.15, 0.2) is 0 Å². The molecule has 128 valence electrons. The molecule has 1 unspecified atom stereocenters. The maximum absolute atomic E-state index is 12.7. The van der Waals surface area contributed by atoms with Crippen LogP contribution in [0.3, 0.4) is 0 Å². The van der Waals surface area contributed by atoms with Crippen LogP contribution in [0, 0.1) is 0 Å². The van der Waals surface area contributed by atoms with Crippen LogP contribution in [0.4, 0.5) is 4.79 Å². The van der Waals surface area contributed by atoms with Crippen LogP contribution in [0.15, 0.2) is 36.9 Å². The van der Waals surface area contributed by atoms with Crippen molar-refractivity contribution >= 4 is 23.5 Å². The molecule has 6 heteroatoms. The normalized spacial score (nSPS) is 21.3. The number of nitrogens with zero attached hydrogens (tertiary/aromatic N) is 3. The Morgan fingerprint density at radius 3 is 2.71 bits per heavy atom. The van der Waals surface area contributed by atoms with E-state index in [1.807, 2.05) is 34.1 Å². The molecule has 24 heavy (non-hydrogen) atoms. The zero-order chi connectivity index (χ0) is 17.1. The summed E-state index contributed by atoms with van der Waals surface area (Å²) in [6.07, 6.45) is 3.22. The van der Waals surface area contributed by atoms with Gasteiger partial charge in [0.05, 0.1) is 6.04 Å². The van der Waals surface area contributed by atoms with Gasteiger partial charge in [-0.2, -0.15) is 0 Å². The van der Waals surface area contributed by atoms with Crippen LogP contribution >= 0.6 is 11.6 Å². The van der Waals surface area contributed by atoms with E-state index in [9.17, 15) is 9.59 Å². The molecule has 2 saturated heterocycles. The lowest BCUT2D eigenvalue weighted by Gasteiger charge is -2.37. The molecule has 0 N–H and O–H groups in total. The van der Waals surface area contributed by atoms with E-state index in [0.717, 1.165) is 24.9 Å². The lowest BCUT2D eigenvalue weighted by Crippen LogP contribution is -2.50. The van der Waals surface area contributed by atoms with Crippen molar-refractivity contribution < 1.29 is 9.59 Å². The van der Waals surface area contributed by atoms with Gasteiger partial charge in [-0.1, -0.05) is 30.3 Å². The number of carbonyl (C=O) groups is 2. The topological polar surface area (TPSA) is 43.9 Å². The second-order valence-corrected chi connectivity index (χ2v) is 6.74. The molecule has 5 nitrogen and oxygen atoms in total. The fourth-order valence-corrected chi connectivity index (χ4v) is 3.56. The number of hydrogen-bond acceptors (Lipinski definition) is 2. The van der Waals surface area contributed by atoms with E-state index in [4.69, 9.17) is 11.6 Å². The maximum Gasteiger partial charge on any atom is 0.320 e. The molecule has 1 atom stereocenters. The third-order valence-corrected chi connectivity index (χ3v) is 4.99. The minimum Gasteiger partial charge on any atom is -0.337 e. The molecule has 0 saturated carbocycles. The highest BCUT2D eigenvalue weighted by molar-refractivity contribution is 6.30. The average molecular weight is 348 g/mol. The Hall–Kier alpha value is -2.01. The zero-order valence-electron chi connectivity index (χ0n) is 13.7. The summed E-state index contributed by atoms with van der Waals surface area (Å²) in [7, 11) is 0. The molecule has 0 radical (unpaired) electrons. The van der Waals surface area contributed by atoms with Gasteiger partial charge in [-0.3, -0.25) is 4.79 Å². The average Bonchev–Trinajstić information content (AvgIpc) is 2.97. The standard InChI is InChI=1S/C18H22ClN3O2/c1-2-17(23)20-9-3-4-16(13-20)22-11-10-21(18(22)24)12-14-5-7-15(19)8-6-14/h2,5-8,16H,1,3-4,9-13H2. The van der Waals surface area contributed by atoms with Crippen LogP contribution in [0.2, 0.25) is 5.02 Å². The molecular formula is C18H22ClN3O2. The van der Waals surface area contributed by atoms with Gasteiger partial charge in [0.25, 0.3) is 0 Å². The molecule has 2 aliphatic heterocycles. The van der Waals surface area contributed by atoms with Crippen LogP contribution in [0.25, 0.3) is 0 Å². The van der Waals surface area contributed by atoms with Gasteiger partial charge < -0.3 is 14.7 Å². The van der Waals surface area contributed by atoms with E-state index >= 15 is 0 Å². The summed E-state index contributed by atoms with van der Waals surface area (Å²) in [6.45, 7) is 6.92. The van der Waals surface area contributed by atoms with E-state index in [0.29, 0.717) is 31.2 Å². The predicted molar refractivity (Wildman–Crippen MR) is 93.8 cm³/mol. The Morgan fingerprint density at radius 2 is 2.00 bits per heavy atom. The summed E-state index contributed by atoms with van der Waals surface area (Å²) in [5.41, 5.74) is 1.07. The Balaban J connectivity index is 1.62. The van der Waals surface area contributed by atoms with Crippen molar-refractivity contribution in [2.45, 2.75) is 25.4 Å². The first-order chi connectivity index (χ1) is 11.6. The summed E-state index contributed by atoms with van der Waals surface area (Å²) >= 11 is 5.90. The molecule has 1 aromatic rings. The molecule has 2 heterocycles. The molecule has 1 aromatic carbocycles. The van der Waals surface area contributed by atoms with Crippen LogP contribution in [-0.4, -0.2) is 58.9 Å². The first-order valence-electron chi connectivity index (χ1n) is 8.30. The summed E-state index contributed by atoms with van der Waals surface area (Å²) in [5.74, 6) is -0.0515. The Morgan fingerprint density at radius 1 is 1.25 bits per heavy atom. The van der Waals surface area contributed by atoms with E-state index < -0.39 is 0 Å². The van der Waals surface area contributed by atoms with Gasteiger partial charge >= 0.3 is 6.03 Å². The van der Waals surface area contributed by atoms with Gasteiger partial charge in [0.2, 0.25) is 5.91 Å². The molecule has 2 fully saturated rings. The van der Waals surface area contributed by atoms with Crippen molar-refractivity contribution in [3.8, 4) is 0 Å². The van der Waals surface area contributed by atoms with E-state index in [2.05, 4.69) is 6.58 Å². The Kier molecular flexibility index (Phi) is 5.09. The van der Waals surface area contributed by atoms with Gasteiger partial charge in [0.1, 0.15) is 0 Å².